The van der Waals surface area contributed by atoms with Gasteiger partial charge in [0.1, 0.15) is 0 Å². The number of nitrogens with one attached hydrogen (secondary N) is 2. The fourth-order valence-corrected chi connectivity index (χ4v) is 5.32. The maximum Gasteiger partial charge on any atom is 0.300 e. The van der Waals surface area contributed by atoms with E-state index < -0.39 is 52.6 Å². The van der Waals surface area contributed by atoms with E-state index in [-0.39, 0.29) is 34.3 Å². The van der Waals surface area contributed by atoms with Crippen molar-refractivity contribution >= 4 is 42.8 Å². The van der Waals surface area contributed by atoms with Gasteiger partial charge in [-0.15, -0.1) is 6.42 Å². The lowest BCUT2D eigenvalue weighted by Crippen LogP contribution is -2.23. The number of amides is 1. The second-order valence-electron chi connectivity index (χ2n) is 7.57. The molecule has 0 spiro atoms. The Morgan fingerprint density at radius 3 is 2.22 bits per heavy atom. The predicted molar refractivity (Wildman–Crippen MR) is 129 cm³/mol. The van der Waals surface area contributed by atoms with Crippen LogP contribution in [0.1, 0.15) is 10.4 Å². The van der Waals surface area contributed by atoms with Crippen LogP contribution in [0.3, 0.4) is 0 Å². The smallest absolute Gasteiger partial charge is 0.300 e. The molecule has 0 radical (unpaired) electrons. The summed E-state index contributed by atoms with van der Waals surface area (Å²) >= 11 is 0. The Morgan fingerprint density at radius 2 is 1.64 bits per heavy atom. The van der Waals surface area contributed by atoms with E-state index in [9.17, 15) is 30.7 Å². The van der Waals surface area contributed by atoms with Gasteiger partial charge in [0.25, 0.3) is 26.1 Å². The summed E-state index contributed by atoms with van der Waals surface area (Å²) in [5.74, 6) is 1.32. The lowest BCUT2D eigenvalue weighted by molar-refractivity contribution is 0.0958. The lowest BCUT2D eigenvalue weighted by atomic mass is 9.93. The standard InChI is InChI=1S/C23H17N3O8S2/c1-2-11-26-23(27)13-5-3-12(4-6-13)18-14-7-9-16(24)21(35(28,29)30)19(14)34-20-15(18)8-10-17(25)22(20)36(31,32)33/h1,3-10,24H,11,25H2,(H,26,27)(H,28,29,30)(H,31,32,33). The molecule has 0 saturated heterocycles. The van der Waals surface area contributed by atoms with Crippen LogP contribution >= 0.6 is 0 Å². The summed E-state index contributed by atoms with van der Waals surface area (Å²) in [5.41, 5.74) is 5.90. The molecule has 11 nitrogen and oxygen atoms in total. The molecule has 2 aliphatic rings. The van der Waals surface area contributed by atoms with Gasteiger partial charge >= 0.3 is 0 Å². The van der Waals surface area contributed by atoms with Gasteiger partial charge in [-0.3, -0.25) is 19.3 Å². The largest absolute Gasteiger partial charge is 0.453 e. The number of hydrogen-bond acceptors (Lipinski definition) is 8. The molecular formula is C23H17N3O8S2. The van der Waals surface area contributed by atoms with Crippen molar-refractivity contribution < 1.29 is 35.2 Å². The zero-order chi connectivity index (χ0) is 26.4. The number of terminal acetylenes is 1. The van der Waals surface area contributed by atoms with Crippen LogP contribution in [-0.4, -0.2) is 38.4 Å². The Morgan fingerprint density at radius 1 is 1.00 bits per heavy atom. The van der Waals surface area contributed by atoms with Gasteiger partial charge in [-0.05, 0) is 42.0 Å². The van der Waals surface area contributed by atoms with Crippen LogP contribution in [0.15, 0.2) is 62.7 Å². The van der Waals surface area contributed by atoms with E-state index in [4.69, 9.17) is 22.0 Å². The summed E-state index contributed by atoms with van der Waals surface area (Å²) in [4.78, 5) is 10.5. The molecule has 1 aliphatic carbocycles. The van der Waals surface area contributed by atoms with Crippen molar-refractivity contribution in [3.63, 3.8) is 0 Å². The lowest BCUT2D eigenvalue weighted by Gasteiger charge is -2.19. The molecule has 0 bridgehead atoms. The highest BCUT2D eigenvalue weighted by Gasteiger charge is 2.30. The minimum absolute atomic E-state index is 0.0176. The van der Waals surface area contributed by atoms with Crippen molar-refractivity contribution in [1.82, 2.24) is 5.32 Å². The quantitative estimate of drug-likeness (QED) is 0.111. The number of hydrogen-bond donors (Lipinski definition) is 5. The van der Waals surface area contributed by atoms with E-state index in [0.717, 1.165) is 6.07 Å². The molecule has 4 rings (SSSR count). The Labute approximate surface area is 204 Å². The van der Waals surface area contributed by atoms with Gasteiger partial charge in [-0.2, -0.15) is 16.8 Å². The third-order valence-electron chi connectivity index (χ3n) is 5.30. The summed E-state index contributed by atoms with van der Waals surface area (Å²) in [7, 11) is -9.97. The van der Waals surface area contributed by atoms with Gasteiger partial charge in [0.2, 0.25) is 0 Å². The van der Waals surface area contributed by atoms with Crippen molar-refractivity contribution in [2.24, 2.45) is 0 Å². The monoisotopic (exact) mass is 527 g/mol. The second kappa shape index (κ2) is 8.77. The van der Waals surface area contributed by atoms with Gasteiger partial charge in [0.15, 0.2) is 21.1 Å². The number of anilines is 1. The number of nitrogens with two attached hydrogens (primary N) is 1. The maximum atomic E-state index is 12.2. The predicted octanol–water partition coefficient (Wildman–Crippen LogP) is 2.12. The summed E-state index contributed by atoms with van der Waals surface area (Å²) in [6.45, 7) is 0.0176. The van der Waals surface area contributed by atoms with E-state index in [2.05, 4.69) is 11.2 Å². The number of benzene rings is 3. The third kappa shape index (κ3) is 4.30. The molecule has 0 saturated carbocycles. The van der Waals surface area contributed by atoms with Crippen molar-refractivity contribution in [1.29, 1.82) is 5.41 Å². The molecule has 6 N–H and O–H groups in total. The molecule has 0 aromatic heterocycles. The molecule has 13 heteroatoms. The molecule has 0 unspecified atom stereocenters. The molecule has 36 heavy (non-hydrogen) atoms. The van der Waals surface area contributed by atoms with Crippen LogP contribution in [-0.2, 0) is 20.2 Å². The summed E-state index contributed by atoms with van der Waals surface area (Å²) < 4.78 is 73.8. The molecule has 1 heterocycles. The molecule has 0 fully saturated rings. The van der Waals surface area contributed by atoms with E-state index in [0.29, 0.717) is 5.56 Å². The van der Waals surface area contributed by atoms with Gasteiger partial charge in [0, 0.05) is 22.1 Å². The minimum atomic E-state index is -5.01. The van der Waals surface area contributed by atoms with Crippen molar-refractivity contribution in [2.45, 2.75) is 9.79 Å². The van der Waals surface area contributed by atoms with Crippen molar-refractivity contribution in [3.05, 3.63) is 59.5 Å². The molecule has 0 atom stereocenters. The molecule has 1 aliphatic heterocycles. The van der Waals surface area contributed by atoms with Crippen molar-refractivity contribution in [3.8, 4) is 34.8 Å². The first-order chi connectivity index (χ1) is 16.8. The topological polar surface area (TPSA) is 201 Å². The van der Waals surface area contributed by atoms with Crippen LogP contribution < -0.4 is 16.4 Å². The number of nitrogen functional groups attached to an aromatic ring is 1. The van der Waals surface area contributed by atoms with Crippen LogP contribution in [0, 0.1) is 17.8 Å². The second-order valence-corrected chi connectivity index (χ2v) is 10.3. The summed E-state index contributed by atoms with van der Waals surface area (Å²) in [6, 6.07) is 11.1. The molecule has 2 aromatic rings. The number of rotatable bonds is 5. The average molecular weight is 528 g/mol. The number of carbonyl (C=O) groups excluding carboxylic acids is 1. The number of fused-ring (bicyclic) bond motifs is 2. The van der Waals surface area contributed by atoms with E-state index >= 15 is 0 Å². The summed E-state index contributed by atoms with van der Waals surface area (Å²) in [6.07, 6.45) is 5.15. The highest BCUT2D eigenvalue weighted by Crippen LogP contribution is 2.44. The maximum absolute atomic E-state index is 12.2. The first-order valence-corrected chi connectivity index (χ1v) is 12.9. The van der Waals surface area contributed by atoms with E-state index in [1.165, 1.54) is 42.5 Å². The van der Waals surface area contributed by atoms with Crippen LogP contribution in [0.4, 0.5) is 5.69 Å². The molecule has 2 aromatic carbocycles. The highest BCUT2D eigenvalue weighted by molar-refractivity contribution is 7.86. The molecular weight excluding hydrogens is 510 g/mol. The average Bonchev–Trinajstić information content (AvgIpc) is 2.79. The first-order valence-electron chi connectivity index (χ1n) is 9.98. The minimum Gasteiger partial charge on any atom is -0.453 e. The van der Waals surface area contributed by atoms with Gasteiger partial charge in [-0.25, -0.2) is 0 Å². The van der Waals surface area contributed by atoms with Gasteiger partial charge in [0.05, 0.1) is 17.6 Å². The fourth-order valence-electron chi connectivity index (χ4n) is 3.84. The molecule has 184 valence electrons. The van der Waals surface area contributed by atoms with E-state index in [1.54, 1.807) is 0 Å². The fraction of sp³-hybridized carbons (Fsp3) is 0.0435. The van der Waals surface area contributed by atoms with Gasteiger partial charge in [-0.1, -0.05) is 18.1 Å². The van der Waals surface area contributed by atoms with Crippen LogP contribution in [0.5, 0.6) is 0 Å². The zero-order valence-corrected chi connectivity index (χ0v) is 19.8. The Kier molecular flexibility index (Phi) is 6.07. The Hall–Kier alpha value is -4.22. The highest BCUT2D eigenvalue weighted by atomic mass is 32.2. The van der Waals surface area contributed by atoms with E-state index in [1.807, 2.05) is 0 Å². The van der Waals surface area contributed by atoms with Crippen LogP contribution in [0.25, 0.3) is 33.4 Å². The molecule has 1 amide bonds. The summed E-state index contributed by atoms with van der Waals surface area (Å²) in [5, 5.41) is 10.0. The van der Waals surface area contributed by atoms with Crippen LogP contribution in [0.2, 0.25) is 0 Å². The number of carbonyl (C=O) groups is 1. The van der Waals surface area contributed by atoms with Gasteiger partial charge < -0.3 is 15.5 Å². The third-order valence-corrected chi connectivity index (χ3v) is 7.16. The normalized spacial score (nSPS) is 11.9. The Bertz CT molecular complexity index is 1840. The SMILES string of the molecule is C#CCNC(=O)c1ccc(-c2c3ccc(=N)c(S(=O)(=O)O)c-3oc3c(S(=O)(=O)O)c(N)ccc23)cc1. The van der Waals surface area contributed by atoms with Crippen molar-refractivity contribution in [2.75, 3.05) is 12.3 Å². The zero-order valence-electron chi connectivity index (χ0n) is 18.1. The Balaban J connectivity index is 2.15. The first kappa shape index (κ1) is 24.9.